The highest BCUT2D eigenvalue weighted by Crippen LogP contribution is 2.08. The lowest BCUT2D eigenvalue weighted by atomic mass is 10.2. The molecular weight excluding hydrogens is 236 g/mol. The van der Waals surface area contributed by atoms with E-state index in [1.54, 1.807) is 6.33 Å². The topological polar surface area (TPSA) is 42.7 Å². The summed E-state index contributed by atoms with van der Waals surface area (Å²) in [6, 6.07) is 7.86. The fourth-order valence-electron chi connectivity index (χ4n) is 1.57. The van der Waals surface area contributed by atoms with Crippen molar-refractivity contribution >= 4 is 11.6 Å². The standard InChI is InChI=1S/C12H15ClN4/c1-17-9-15-16-12(17)6-7-14-8-10-2-4-11(13)5-3-10/h2-5,9,14H,6-8H2,1H3. The predicted molar refractivity (Wildman–Crippen MR) is 67.9 cm³/mol. The molecular formula is C12H15ClN4. The normalized spacial score (nSPS) is 10.7. The molecule has 1 aromatic carbocycles. The van der Waals surface area contributed by atoms with Crippen LogP contribution in [0.2, 0.25) is 5.02 Å². The van der Waals surface area contributed by atoms with Crippen LogP contribution in [0.15, 0.2) is 30.6 Å². The summed E-state index contributed by atoms with van der Waals surface area (Å²) in [6.07, 6.45) is 2.60. The minimum atomic E-state index is 0.771. The van der Waals surface area contributed by atoms with Crippen molar-refractivity contribution in [2.75, 3.05) is 6.54 Å². The van der Waals surface area contributed by atoms with Crippen LogP contribution in [-0.4, -0.2) is 21.3 Å². The lowest BCUT2D eigenvalue weighted by molar-refractivity contribution is 0.654. The van der Waals surface area contributed by atoms with E-state index in [0.717, 1.165) is 30.4 Å². The number of rotatable bonds is 5. The van der Waals surface area contributed by atoms with Gasteiger partial charge in [0.1, 0.15) is 12.2 Å². The number of nitrogens with zero attached hydrogens (tertiary/aromatic N) is 3. The zero-order valence-corrected chi connectivity index (χ0v) is 10.5. The monoisotopic (exact) mass is 250 g/mol. The van der Waals surface area contributed by atoms with Crippen LogP contribution < -0.4 is 5.32 Å². The van der Waals surface area contributed by atoms with Gasteiger partial charge in [-0.2, -0.15) is 0 Å². The minimum Gasteiger partial charge on any atom is -0.321 e. The molecule has 4 nitrogen and oxygen atoms in total. The second-order valence-corrected chi connectivity index (χ2v) is 4.35. The third-order valence-corrected chi connectivity index (χ3v) is 2.82. The highest BCUT2D eigenvalue weighted by atomic mass is 35.5. The molecule has 0 atom stereocenters. The first-order valence-corrected chi connectivity index (χ1v) is 5.91. The maximum atomic E-state index is 5.82. The van der Waals surface area contributed by atoms with Gasteiger partial charge in [0, 0.05) is 31.6 Å². The van der Waals surface area contributed by atoms with Crippen molar-refractivity contribution in [1.82, 2.24) is 20.1 Å². The van der Waals surface area contributed by atoms with Crippen molar-refractivity contribution in [2.45, 2.75) is 13.0 Å². The van der Waals surface area contributed by atoms with E-state index in [1.807, 2.05) is 35.9 Å². The summed E-state index contributed by atoms with van der Waals surface area (Å²) in [7, 11) is 1.95. The van der Waals surface area contributed by atoms with E-state index in [9.17, 15) is 0 Å². The van der Waals surface area contributed by atoms with Gasteiger partial charge in [-0.1, -0.05) is 23.7 Å². The fraction of sp³-hybridized carbons (Fsp3) is 0.333. The van der Waals surface area contributed by atoms with Gasteiger partial charge >= 0.3 is 0 Å². The van der Waals surface area contributed by atoms with E-state index in [-0.39, 0.29) is 0 Å². The third kappa shape index (κ3) is 3.54. The molecule has 0 fully saturated rings. The highest BCUT2D eigenvalue weighted by Gasteiger charge is 1.99. The molecule has 0 saturated heterocycles. The van der Waals surface area contributed by atoms with Crippen LogP contribution in [0.3, 0.4) is 0 Å². The van der Waals surface area contributed by atoms with E-state index in [4.69, 9.17) is 11.6 Å². The first-order valence-electron chi connectivity index (χ1n) is 5.54. The van der Waals surface area contributed by atoms with E-state index >= 15 is 0 Å². The minimum absolute atomic E-state index is 0.771. The number of hydrogen-bond donors (Lipinski definition) is 1. The van der Waals surface area contributed by atoms with E-state index < -0.39 is 0 Å². The van der Waals surface area contributed by atoms with Gasteiger partial charge in [0.25, 0.3) is 0 Å². The van der Waals surface area contributed by atoms with Crippen LogP contribution >= 0.6 is 11.6 Å². The van der Waals surface area contributed by atoms with Crippen molar-refractivity contribution in [2.24, 2.45) is 7.05 Å². The molecule has 0 aliphatic heterocycles. The van der Waals surface area contributed by atoms with E-state index in [0.29, 0.717) is 0 Å². The molecule has 0 bridgehead atoms. The molecule has 0 aliphatic carbocycles. The molecule has 5 heteroatoms. The maximum Gasteiger partial charge on any atom is 0.133 e. The summed E-state index contributed by atoms with van der Waals surface area (Å²) in [4.78, 5) is 0. The first kappa shape index (κ1) is 12.1. The molecule has 1 N–H and O–H groups in total. The maximum absolute atomic E-state index is 5.82. The number of nitrogens with one attached hydrogen (secondary N) is 1. The fourth-order valence-corrected chi connectivity index (χ4v) is 1.69. The summed E-state index contributed by atoms with van der Waals surface area (Å²) in [5.41, 5.74) is 1.23. The molecule has 0 amide bonds. The SMILES string of the molecule is Cn1cnnc1CCNCc1ccc(Cl)cc1. The van der Waals surface area contributed by atoms with Gasteiger partial charge in [-0.3, -0.25) is 0 Å². The van der Waals surface area contributed by atoms with Crippen molar-refractivity contribution in [3.8, 4) is 0 Å². The smallest absolute Gasteiger partial charge is 0.133 e. The molecule has 0 spiro atoms. The Morgan fingerprint density at radius 3 is 2.71 bits per heavy atom. The largest absolute Gasteiger partial charge is 0.321 e. The Labute approximate surface area is 106 Å². The predicted octanol–water partition coefficient (Wildman–Crippen LogP) is 1.80. The number of hydrogen-bond acceptors (Lipinski definition) is 3. The van der Waals surface area contributed by atoms with Crippen molar-refractivity contribution in [1.29, 1.82) is 0 Å². The summed E-state index contributed by atoms with van der Waals surface area (Å²) < 4.78 is 1.93. The first-order chi connectivity index (χ1) is 8.25. The van der Waals surface area contributed by atoms with Crippen molar-refractivity contribution < 1.29 is 0 Å². The molecule has 2 rings (SSSR count). The van der Waals surface area contributed by atoms with Crippen LogP contribution in [0.5, 0.6) is 0 Å². The lowest BCUT2D eigenvalue weighted by Gasteiger charge is -2.04. The van der Waals surface area contributed by atoms with Gasteiger partial charge in [-0.05, 0) is 17.7 Å². The number of aromatic nitrogens is 3. The van der Waals surface area contributed by atoms with Crippen LogP contribution in [0.25, 0.3) is 0 Å². The second-order valence-electron chi connectivity index (χ2n) is 3.91. The molecule has 0 radical (unpaired) electrons. The molecule has 17 heavy (non-hydrogen) atoms. The number of halogens is 1. The molecule has 2 aromatic rings. The Bertz CT molecular complexity index is 464. The van der Waals surface area contributed by atoms with Crippen LogP contribution in [0, 0.1) is 0 Å². The van der Waals surface area contributed by atoms with Gasteiger partial charge < -0.3 is 9.88 Å². The Balaban J connectivity index is 1.73. The lowest BCUT2D eigenvalue weighted by Crippen LogP contribution is -2.18. The van der Waals surface area contributed by atoms with Gasteiger partial charge in [-0.25, -0.2) is 0 Å². The Morgan fingerprint density at radius 1 is 1.29 bits per heavy atom. The average molecular weight is 251 g/mol. The van der Waals surface area contributed by atoms with Gasteiger partial charge in [0.2, 0.25) is 0 Å². The summed E-state index contributed by atoms with van der Waals surface area (Å²) in [5.74, 6) is 0.994. The molecule has 0 unspecified atom stereocenters. The summed E-state index contributed by atoms with van der Waals surface area (Å²) in [6.45, 7) is 1.73. The van der Waals surface area contributed by atoms with E-state index in [2.05, 4.69) is 15.5 Å². The molecule has 1 heterocycles. The summed E-state index contributed by atoms with van der Waals surface area (Å²) in [5, 5.41) is 12.0. The van der Waals surface area contributed by atoms with Crippen LogP contribution in [-0.2, 0) is 20.0 Å². The third-order valence-electron chi connectivity index (χ3n) is 2.57. The Kier molecular flexibility index (Phi) is 4.12. The van der Waals surface area contributed by atoms with Crippen molar-refractivity contribution in [3.05, 3.63) is 47.0 Å². The van der Waals surface area contributed by atoms with Gasteiger partial charge in [-0.15, -0.1) is 10.2 Å². The Hall–Kier alpha value is -1.39. The number of aryl methyl sites for hydroxylation is 1. The number of benzene rings is 1. The molecule has 0 aliphatic rings. The second kappa shape index (κ2) is 5.80. The highest BCUT2D eigenvalue weighted by molar-refractivity contribution is 6.30. The molecule has 1 aromatic heterocycles. The average Bonchev–Trinajstić information content (AvgIpc) is 2.73. The zero-order chi connectivity index (χ0) is 12.1. The summed E-state index contributed by atoms with van der Waals surface area (Å²) >= 11 is 5.82. The Morgan fingerprint density at radius 2 is 2.06 bits per heavy atom. The van der Waals surface area contributed by atoms with E-state index in [1.165, 1.54) is 5.56 Å². The zero-order valence-electron chi connectivity index (χ0n) is 9.73. The van der Waals surface area contributed by atoms with Crippen molar-refractivity contribution in [3.63, 3.8) is 0 Å². The molecule has 90 valence electrons. The van der Waals surface area contributed by atoms with Gasteiger partial charge in [0.15, 0.2) is 0 Å². The molecule has 0 saturated carbocycles. The quantitative estimate of drug-likeness (QED) is 0.823. The van der Waals surface area contributed by atoms with Crippen LogP contribution in [0.4, 0.5) is 0 Å². The van der Waals surface area contributed by atoms with Crippen LogP contribution in [0.1, 0.15) is 11.4 Å². The van der Waals surface area contributed by atoms with Gasteiger partial charge in [0.05, 0.1) is 0 Å².